The van der Waals surface area contributed by atoms with Crippen LogP contribution in [0, 0.1) is 5.92 Å². The Morgan fingerprint density at radius 2 is 2.20 bits per heavy atom. The average molecular weight is 274 g/mol. The summed E-state index contributed by atoms with van der Waals surface area (Å²) < 4.78 is 5.58. The molecule has 1 N–H and O–H groups in total. The predicted molar refractivity (Wildman–Crippen MR) is 73.2 cm³/mol. The molecule has 0 aliphatic carbocycles. The lowest BCUT2D eigenvalue weighted by Crippen LogP contribution is -2.37. The molecule has 3 rings (SSSR count). The van der Waals surface area contributed by atoms with Gasteiger partial charge < -0.3 is 15.0 Å². The molecule has 2 aliphatic rings. The van der Waals surface area contributed by atoms with Crippen LogP contribution in [0.1, 0.15) is 24.4 Å². The molecule has 2 aliphatic heterocycles. The fraction of sp³-hybridized carbons (Fsp3) is 0.467. The van der Waals surface area contributed by atoms with Gasteiger partial charge in [0.05, 0.1) is 18.6 Å². The van der Waals surface area contributed by atoms with E-state index < -0.39 is 0 Å². The molecule has 106 valence electrons. The van der Waals surface area contributed by atoms with Gasteiger partial charge in [0.25, 0.3) is 0 Å². The van der Waals surface area contributed by atoms with Gasteiger partial charge in [-0.3, -0.25) is 9.59 Å². The number of hydrogen-bond donors (Lipinski definition) is 1. The van der Waals surface area contributed by atoms with Crippen LogP contribution in [0.25, 0.3) is 0 Å². The van der Waals surface area contributed by atoms with Crippen molar-refractivity contribution in [1.29, 1.82) is 0 Å². The van der Waals surface area contributed by atoms with E-state index in [4.69, 9.17) is 4.74 Å². The Balaban J connectivity index is 1.70. The second-order valence-electron chi connectivity index (χ2n) is 5.41. The molecular weight excluding hydrogens is 256 g/mol. The van der Waals surface area contributed by atoms with E-state index in [1.54, 1.807) is 11.9 Å². The molecule has 0 bridgehead atoms. The average Bonchev–Trinajstić information content (AvgIpc) is 2.79. The highest BCUT2D eigenvalue weighted by Crippen LogP contribution is 2.32. The van der Waals surface area contributed by atoms with Gasteiger partial charge in [0.15, 0.2) is 0 Å². The molecule has 2 amide bonds. The van der Waals surface area contributed by atoms with Gasteiger partial charge in [-0.05, 0) is 6.07 Å². The van der Waals surface area contributed by atoms with Gasteiger partial charge in [0.1, 0.15) is 5.75 Å². The standard InChI is InChI=1S/C15H18N2O3/c1-17-9-10(8-14(17)18)15(19)16-12-6-7-20-13-5-3-2-4-11(12)13/h2-5,10,12H,6-9H2,1H3,(H,16,19)/t10-,12+/m0/s1. The van der Waals surface area contributed by atoms with E-state index in [1.807, 2.05) is 24.3 Å². The number of benzene rings is 1. The molecule has 2 atom stereocenters. The van der Waals surface area contributed by atoms with E-state index in [9.17, 15) is 9.59 Å². The predicted octanol–water partition coefficient (Wildman–Crippen LogP) is 1.10. The summed E-state index contributed by atoms with van der Waals surface area (Å²) in [7, 11) is 1.74. The summed E-state index contributed by atoms with van der Waals surface area (Å²) in [5, 5.41) is 3.06. The molecule has 0 unspecified atom stereocenters. The third-order valence-electron chi connectivity index (χ3n) is 3.99. The van der Waals surface area contributed by atoms with Crippen molar-refractivity contribution in [3.05, 3.63) is 29.8 Å². The number of ether oxygens (including phenoxy) is 1. The minimum Gasteiger partial charge on any atom is -0.493 e. The number of carbonyl (C=O) groups excluding carboxylic acids is 2. The van der Waals surface area contributed by atoms with Gasteiger partial charge in [0, 0.05) is 32.0 Å². The molecule has 0 spiro atoms. The Morgan fingerprint density at radius 1 is 1.40 bits per heavy atom. The minimum absolute atomic E-state index is 0.0199. The molecule has 1 saturated heterocycles. The number of nitrogens with one attached hydrogen (secondary N) is 1. The van der Waals surface area contributed by atoms with Crippen LogP contribution in [-0.4, -0.2) is 36.9 Å². The Morgan fingerprint density at radius 3 is 2.95 bits per heavy atom. The smallest absolute Gasteiger partial charge is 0.225 e. The Kier molecular flexibility index (Phi) is 3.34. The molecule has 20 heavy (non-hydrogen) atoms. The largest absolute Gasteiger partial charge is 0.493 e. The molecule has 0 saturated carbocycles. The second kappa shape index (κ2) is 5.15. The van der Waals surface area contributed by atoms with E-state index in [0.29, 0.717) is 19.6 Å². The summed E-state index contributed by atoms with van der Waals surface area (Å²) in [4.78, 5) is 25.4. The zero-order chi connectivity index (χ0) is 14.1. The molecule has 1 aromatic rings. The number of para-hydroxylation sites is 1. The maximum Gasteiger partial charge on any atom is 0.225 e. The highest BCUT2D eigenvalue weighted by atomic mass is 16.5. The molecule has 0 radical (unpaired) electrons. The molecule has 5 heteroatoms. The number of likely N-dealkylation sites (tertiary alicyclic amines) is 1. The topological polar surface area (TPSA) is 58.6 Å². The number of amides is 2. The number of nitrogens with zero attached hydrogens (tertiary/aromatic N) is 1. The first-order chi connectivity index (χ1) is 9.65. The van der Waals surface area contributed by atoms with Crippen LogP contribution < -0.4 is 10.1 Å². The zero-order valence-corrected chi connectivity index (χ0v) is 11.5. The van der Waals surface area contributed by atoms with Gasteiger partial charge in [-0.15, -0.1) is 0 Å². The first-order valence-corrected chi connectivity index (χ1v) is 6.91. The summed E-state index contributed by atoms with van der Waals surface area (Å²) in [6.45, 7) is 1.11. The Bertz CT molecular complexity index is 544. The summed E-state index contributed by atoms with van der Waals surface area (Å²) >= 11 is 0. The first kappa shape index (κ1) is 13.0. The monoisotopic (exact) mass is 274 g/mol. The van der Waals surface area contributed by atoms with Crippen LogP contribution in [0.15, 0.2) is 24.3 Å². The molecule has 1 fully saturated rings. The van der Waals surface area contributed by atoms with Crippen molar-refractivity contribution in [1.82, 2.24) is 10.2 Å². The van der Waals surface area contributed by atoms with Crippen molar-refractivity contribution in [2.24, 2.45) is 5.92 Å². The van der Waals surface area contributed by atoms with Crippen LogP contribution in [-0.2, 0) is 9.59 Å². The van der Waals surface area contributed by atoms with E-state index in [0.717, 1.165) is 17.7 Å². The number of carbonyl (C=O) groups is 2. The summed E-state index contributed by atoms with van der Waals surface area (Å²) in [6.07, 6.45) is 1.08. The lowest BCUT2D eigenvalue weighted by atomic mass is 9.99. The fourth-order valence-corrected chi connectivity index (χ4v) is 2.82. The SMILES string of the molecule is CN1C[C@@H](C(=O)N[C@@H]2CCOc3ccccc32)CC1=O. The fourth-order valence-electron chi connectivity index (χ4n) is 2.82. The van der Waals surface area contributed by atoms with Crippen LogP contribution in [0.4, 0.5) is 0 Å². The Hall–Kier alpha value is -2.04. The van der Waals surface area contributed by atoms with E-state index in [2.05, 4.69) is 5.32 Å². The van der Waals surface area contributed by atoms with Crippen LogP contribution in [0.2, 0.25) is 0 Å². The van der Waals surface area contributed by atoms with Crippen molar-refractivity contribution in [3.63, 3.8) is 0 Å². The van der Waals surface area contributed by atoms with Crippen molar-refractivity contribution in [2.75, 3.05) is 20.2 Å². The third-order valence-corrected chi connectivity index (χ3v) is 3.99. The molecular formula is C15H18N2O3. The van der Waals surface area contributed by atoms with Gasteiger partial charge in [-0.1, -0.05) is 18.2 Å². The highest BCUT2D eigenvalue weighted by molar-refractivity contribution is 5.89. The van der Waals surface area contributed by atoms with Crippen LogP contribution in [0.3, 0.4) is 0 Å². The number of fused-ring (bicyclic) bond motifs is 1. The van der Waals surface area contributed by atoms with E-state index in [-0.39, 0.29) is 23.8 Å². The molecule has 2 heterocycles. The number of rotatable bonds is 2. The zero-order valence-electron chi connectivity index (χ0n) is 11.5. The molecule has 5 nitrogen and oxygen atoms in total. The first-order valence-electron chi connectivity index (χ1n) is 6.91. The van der Waals surface area contributed by atoms with E-state index >= 15 is 0 Å². The van der Waals surface area contributed by atoms with Gasteiger partial charge in [0.2, 0.25) is 11.8 Å². The van der Waals surface area contributed by atoms with Crippen molar-refractivity contribution < 1.29 is 14.3 Å². The van der Waals surface area contributed by atoms with Gasteiger partial charge in [-0.2, -0.15) is 0 Å². The van der Waals surface area contributed by atoms with Crippen molar-refractivity contribution in [3.8, 4) is 5.75 Å². The number of hydrogen-bond acceptors (Lipinski definition) is 3. The maximum atomic E-state index is 12.3. The summed E-state index contributed by atoms with van der Waals surface area (Å²) in [6, 6.07) is 7.74. The molecule has 0 aromatic heterocycles. The normalized spacial score (nSPS) is 25.1. The van der Waals surface area contributed by atoms with Gasteiger partial charge in [-0.25, -0.2) is 0 Å². The van der Waals surface area contributed by atoms with E-state index in [1.165, 1.54) is 0 Å². The Labute approximate surface area is 117 Å². The van der Waals surface area contributed by atoms with Gasteiger partial charge >= 0.3 is 0 Å². The van der Waals surface area contributed by atoms with Crippen molar-refractivity contribution >= 4 is 11.8 Å². The quantitative estimate of drug-likeness (QED) is 0.878. The lowest BCUT2D eigenvalue weighted by Gasteiger charge is -2.27. The minimum atomic E-state index is -0.234. The van der Waals surface area contributed by atoms with Crippen molar-refractivity contribution in [2.45, 2.75) is 18.9 Å². The lowest BCUT2D eigenvalue weighted by molar-refractivity contribution is -0.128. The van der Waals surface area contributed by atoms with Crippen LogP contribution >= 0.6 is 0 Å². The highest BCUT2D eigenvalue weighted by Gasteiger charge is 2.34. The van der Waals surface area contributed by atoms with Crippen LogP contribution in [0.5, 0.6) is 5.75 Å². The molecule has 1 aromatic carbocycles. The second-order valence-corrected chi connectivity index (χ2v) is 5.41. The maximum absolute atomic E-state index is 12.3. The summed E-state index contributed by atoms with van der Waals surface area (Å²) in [5.41, 5.74) is 1.02. The third kappa shape index (κ3) is 2.35. The summed E-state index contributed by atoms with van der Waals surface area (Å²) in [5.74, 6) is 0.605.